The van der Waals surface area contributed by atoms with Gasteiger partial charge in [-0.15, -0.1) is 11.6 Å². The average molecular weight is 287 g/mol. The number of ether oxygens (including phenoxy) is 1. The van der Waals surface area contributed by atoms with E-state index in [1.54, 1.807) is 4.90 Å². The maximum Gasteiger partial charge on any atom is 0.411 e. The van der Waals surface area contributed by atoms with Crippen LogP contribution in [-0.4, -0.2) is 34.6 Å². The van der Waals surface area contributed by atoms with E-state index in [0.717, 1.165) is 19.3 Å². The number of likely N-dealkylation sites (tertiary alicyclic amines) is 1. The third-order valence-electron chi connectivity index (χ3n) is 3.28. The predicted molar refractivity (Wildman–Crippen MR) is 75.1 cm³/mol. The number of nitriles is 1. The van der Waals surface area contributed by atoms with E-state index in [2.05, 4.69) is 6.07 Å². The van der Waals surface area contributed by atoms with E-state index in [9.17, 15) is 10.1 Å². The van der Waals surface area contributed by atoms with Crippen LogP contribution < -0.4 is 0 Å². The minimum atomic E-state index is -0.741. The van der Waals surface area contributed by atoms with Gasteiger partial charge in [-0.25, -0.2) is 4.79 Å². The van der Waals surface area contributed by atoms with Crippen molar-refractivity contribution in [3.63, 3.8) is 0 Å². The van der Waals surface area contributed by atoms with Gasteiger partial charge >= 0.3 is 6.09 Å². The van der Waals surface area contributed by atoms with Gasteiger partial charge in [-0.05, 0) is 52.9 Å². The number of carbonyl (C=O) groups is 1. The normalized spacial score (nSPS) is 23.8. The molecule has 1 heterocycles. The zero-order valence-electron chi connectivity index (χ0n) is 12.0. The maximum absolute atomic E-state index is 12.3. The minimum Gasteiger partial charge on any atom is -0.444 e. The summed E-state index contributed by atoms with van der Waals surface area (Å²) in [6.45, 7) is 6.09. The van der Waals surface area contributed by atoms with Gasteiger partial charge in [0.2, 0.25) is 0 Å². The van der Waals surface area contributed by atoms with Crippen LogP contribution in [0.5, 0.6) is 0 Å². The summed E-state index contributed by atoms with van der Waals surface area (Å²) in [4.78, 5) is 13.9. The van der Waals surface area contributed by atoms with Crippen LogP contribution >= 0.6 is 11.6 Å². The lowest BCUT2D eigenvalue weighted by atomic mass is 9.84. The number of halogens is 1. The Labute approximate surface area is 120 Å². The molecule has 1 saturated heterocycles. The molecule has 1 atom stereocenters. The molecule has 1 rings (SSSR count). The molecule has 5 heteroatoms. The number of alkyl halides is 1. The summed E-state index contributed by atoms with van der Waals surface area (Å²) in [5.41, 5.74) is -1.28. The van der Waals surface area contributed by atoms with Crippen LogP contribution in [0.1, 0.15) is 52.9 Å². The molecule has 1 unspecified atom stereocenters. The summed E-state index contributed by atoms with van der Waals surface area (Å²) in [5, 5.41) is 9.54. The van der Waals surface area contributed by atoms with E-state index in [0.29, 0.717) is 25.3 Å². The number of carbonyl (C=O) groups excluding carboxylic acids is 1. The van der Waals surface area contributed by atoms with Gasteiger partial charge in [0.1, 0.15) is 11.1 Å². The van der Waals surface area contributed by atoms with Crippen LogP contribution in [0.25, 0.3) is 0 Å². The molecule has 1 amide bonds. The molecule has 0 N–H and O–H groups in total. The van der Waals surface area contributed by atoms with Gasteiger partial charge in [0, 0.05) is 12.4 Å². The molecule has 0 bridgehead atoms. The van der Waals surface area contributed by atoms with Gasteiger partial charge in [-0.2, -0.15) is 5.26 Å². The van der Waals surface area contributed by atoms with Crippen molar-refractivity contribution in [1.29, 1.82) is 5.26 Å². The minimum absolute atomic E-state index is 0.386. The van der Waals surface area contributed by atoms with Gasteiger partial charge in [0.25, 0.3) is 0 Å². The smallest absolute Gasteiger partial charge is 0.411 e. The molecule has 1 aliphatic rings. The first kappa shape index (κ1) is 16.1. The third kappa shape index (κ3) is 4.28. The maximum atomic E-state index is 12.3. The summed E-state index contributed by atoms with van der Waals surface area (Å²) in [5.74, 6) is 0.506. The first-order valence-corrected chi connectivity index (χ1v) is 7.36. The topological polar surface area (TPSA) is 53.3 Å². The number of amides is 1. The van der Waals surface area contributed by atoms with Gasteiger partial charge in [0.15, 0.2) is 0 Å². The second-order valence-electron chi connectivity index (χ2n) is 6.03. The third-order valence-corrected chi connectivity index (χ3v) is 3.55. The molecule has 0 aromatic heterocycles. The Morgan fingerprint density at radius 3 is 2.68 bits per heavy atom. The summed E-state index contributed by atoms with van der Waals surface area (Å²) in [7, 11) is 0. The van der Waals surface area contributed by atoms with E-state index in [4.69, 9.17) is 16.3 Å². The van der Waals surface area contributed by atoms with Crippen molar-refractivity contribution in [1.82, 2.24) is 4.90 Å². The second kappa shape index (κ2) is 6.47. The number of hydrogen-bond acceptors (Lipinski definition) is 3. The molecule has 4 nitrogen and oxygen atoms in total. The van der Waals surface area contributed by atoms with Crippen molar-refractivity contribution in [2.24, 2.45) is 0 Å². The highest BCUT2D eigenvalue weighted by molar-refractivity contribution is 6.17. The van der Waals surface area contributed by atoms with Crippen molar-refractivity contribution in [3.8, 4) is 6.07 Å². The van der Waals surface area contributed by atoms with E-state index in [1.165, 1.54) is 0 Å². The van der Waals surface area contributed by atoms with Crippen LogP contribution in [0.3, 0.4) is 0 Å². The molecule has 0 spiro atoms. The summed E-state index contributed by atoms with van der Waals surface area (Å²) >= 11 is 5.73. The molecule has 0 saturated carbocycles. The molecule has 1 fully saturated rings. The fraction of sp³-hybridized carbons (Fsp3) is 0.857. The Bertz CT molecular complexity index is 359. The van der Waals surface area contributed by atoms with Crippen LogP contribution in [0.2, 0.25) is 0 Å². The summed E-state index contributed by atoms with van der Waals surface area (Å²) in [6, 6.07) is 2.34. The van der Waals surface area contributed by atoms with Crippen LogP contribution in [-0.2, 0) is 4.74 Å². The van der Waals surface area contributed by atoms with Crippen LogP contribution in [0, 0.1) is 11.3 Å². The highest BCUT2D eigenvalue weighted by Gasteiger charge is 2.43. The zero-order valence-corrected chi connectivity index (χ0v) is 12.8. The van der Waals surface area contributed by atoms with E-state index >= 15 is 0 Å². The van der Waals surface area contributed by atoms with E-state index in [1.807, 2.05) is 20.8 Å². The molecule has 0 radical (unpaired) electrons. The fourth-order valence-electron chi connectivity index (χ4n) is 2.41. The summed E-state index contributed by atoms with van der Waals surface area (Å²) < 4.78 is 5.42. The predicted octanol–water partition coefficient (Wildman–Crippen LogP) is 3.69. The molecule has 0 aliphatic carbocycles. The average Bonchev–Trinajstić information content (AvgIpc) is 2.34. The number of piperidine rings is 1. The van der Waals surface area contributed by atoms with Crippen molar-refractivity contribution >= 4 is 17.7 Å². The number of hydrogen-bond donors (Lipinski definition) is 0. The summed E-state index contributed by atoms with van der Waals surface area (Å²) in [6.07, 6.45) is 3.56. The lowest BCUT2D eigenvalue weighted by Crippen LogP contribution is -2.55. The SMILES string of the molecule is CC(C)(C)OC(=O)N1CCCCC1(C#N)CCCCl. The highest BCUT2D eigenvalue weighted by atomic mass is 35.5. The molecular formula is C14H23ClN2O2. The standard InChI is InChI=1S/C14H23ClN2O2/c1-13(2,3)19-12(18)17-10-5-4-7-14(17,11-16)8-6-9-15/h4-10H2,1-3H3. The van der Waals surface area contributed by atoms with Crippen molar-refractivity contribution in [2.75, 3.05) is 12.4 Å². The Balaban J connectivity index is 2.87. The monoisotopic (exact) mass is 286 g/mol. The highest BCUT2D eigenvalue weighted by Crippen LogP contribution is 2.33. The van der Waals surface area contributed by atoms with E-state index in [-0.39, 0.29) is 6.09 Å². The quantitative estimate of drug-likeness (QED) is 0.744. The van der Waals surface area contributed by atoms with Crippen LogP contribution in [0.15, 0.2) is 0 Å². The molecular weight excluding hydrogens is 264 g/mol. The van der Waals surface area contributed by atoms with Crippen molar-refractivity contribution in [2.45, 2.75) is 64.0 Å². The number of nitrogens with zero attached hydrogens (tertiary/aromatic N) is 2. The van der Waals surface area contributed by atoms with Gasteiger partial charge in [0.05, 0.1) is 6.07 Å². The Morgan fingerprint density at radius 2 is 2.16 bits per heavy atom. The largest absolute Gasteiger partial charge is 0.444 e. The molecule has 19 heavy (non-hydrogen) atoms. The Hall–Kier alpha value is -0.950. The lowest BCUT2D eigenvalue weighted by molar-refractivity contribution is -0.00418. The first-order chi connectivity index (χ1) is 8.84. The van der Waals surface area contributed by atoms with Crippen molar-refractivity contribution < 1.29 is 9.53 Å². The first-order valence-electron chi connectivity index (χ1n) is 6.82. The van der Waals surface area contributed by atoms with Crippen molar-refractivity contribution in [3.05, 3.63) is 0 Å². The number of rotatable bonds is 3. The van der Waals surface area contributed by atoms with Crippen LogP contribution in [0.4, 0.5) is 4.79 Å². The zero-order chi connectivity index (χ0) is 14.5. The van der Waals surface area contributed by atoms with Gasteiger partial charge in [-0.3, -0.25) is 4.90 Å². The molecule has 108 valence electrons. The lowest BCUT2D eigenvalue weighted by Gasteiger charge is -2.42. The molecule has 0 aromatic carbocycles. The second-order valence-corrected chi connectivity index (χ2v) is 6.40. The Morgan fingerprint density at radius 1 is 1.47 bits per heavy atom. The Kier molecular flexibility index (Phi) is 5.49. The van der Waals surface area contributed by atoms with Gasteiger partial charge in [-0.1, -0.05) is 0 Å². The molecule has 0 aromatic rings. The molecule has 1 aliphatic heterocycles. The van der Waals surface area contributed by atoms with Gasteiger partial charge < -0.3 is 4.74 Å². The fourth-order valence-corrected chi connectivity index (χ4v) is 2.54. The van der Waals surface area contributed by atoms with E-state index < -0.39 is 11.1 Å².